The van der Waals surface area contributed by atoms with E-state index in [4.69, 9.17) is 16.3 Å². The smallest absolute Gasteiger partial charge is 0.170 e. The second-order valence-corrected chi connectivity index (χ2v) is 5.47. The zero-order valence-corrected chi connectivity index (χ0v) is 13.3. The van der Waals surface area contributed by atoms with Crippen LogP contribution in [-0.2, 0) is 6.42 Å². The maximum Gasteiger partial charge on any atom is 0.170 e. The molecule has 116 valence electrons. The van der Waals surface area contributed by atoms with Gasteiger partial charge in [-0.05, 0) is 35.9 Å². The first-order chi connectivity index (χ1) is 11.2. The Bertz CT molecular complexity index is 825. The summed E-state index contributed by atoms with van der Waals surface area (Å²) in [5, 5.41) is 4.92. The number of methoxy groups -OCH3 is 1. The number of benzene rings is 2. The third-order valence-electron chi connectivity index (χ3n) is 3.55. The van der Waals surface area contributed by atoms with Gasteiger partial charge < -0.3 is 4.74 Å². The molecule has 23 heavy (non-hydrogen) atoms. The summed E-state index contributed by atoms with van der Waals surface area (Å²) >= 11 is 6.26. The maximum atomic E-state index is 11.1. The van der Waals surface area contributed by atoms with E-state index < -0.39 is 0 Å². The number of para-hydroxylation sites is 1. The van der Waals surface area contributed by atoms with Gasteiger partial charge in [-0.25, -0.2) is 4.68 Å². The number of rotatable bonds is 5. The molecular formula is C18H15ClN2O2. The Morgan fingerprint density at radius 3 is 2.57 bits per heavy atom. The predicted octanol–water partition coefficient (Wildman–Crippen LogP) is 3.94. The van der Waals surface area contributed by atoms with Crippen molar-refractivity contribution < 1.29 is 9.53 Å². The van der Waals surface area contributed by atoms with E-state index in [0.717, 1.165) is 29.0 Å². The van der Waals surface area contributed by atoms with Crippen LogP contribution in [0.5, 0.6) is 5.75 Å². The number of halogens is 1. The molecule has 0 fully saturated rings. The van der Waals surface area contributed by atoms with Crippen LogP contribution in [0.15, 0.2) is 54.6 Å². The highest BCUT2D eigenvalue weighted by Gasteiger charge is 2.12. The lowest BCUT2D eigenvalue weighted by Crippen LogP contribution is -2.04. The fraction of sp³-hybridized carbons (Fsp3) is 0.111. The molecule has 1 heterocycles. The predicted molar refractivity (Wildman–Crippen MR) is 89.8 cm³/mol. The van der Waals surface area contributed by atoms with Gasteiger partial charge in [0.15, 0.2) is 6.29 Å². The lowest BCUT2D eigenvalue weighted by atomic mass is 10.1. The van der Waals surface area contributed by atoms with E-state index >= 15 is 0 Å². The van der Waals surface area contributed by atoms with Gasteiger partial charge in [0, 0.05) is 12.1 Å². The second-order valence-electron chi connectivity index (χ2n) is 5.07. The van der Waals surface area contributed by atoms with Crippen molar-refractivity contribution in [1.29, 1.82) is 0 Å². The van der Waals surface area contributed by atoms with Crippen LogP contribution in [0.2, 0.25) is 5.02 Å². The summed E-state index contributed by atoms with van der Waals surface area (Å²) in [6, 6.07) is 17.0. The third-order valence-corrected chi connectivity index (χ3v) is 3.87. The summed E-state index contributed by atoms with van der Waals surface area (Å²) in [5.74, 6) is 0.807. The van der Waals surface area contributed by atoms with Crippen LogP contribution < -0.4 is 4.74 Å². The van der Waals surface area contributed by atoms with Gasteiger partial charge >= 0.3 is 0 Å². The third kappa shape index (κ3) is 3.27. The average molecular weight is 327 g/mol. The Labute approximate surface area is 139 Å². The van der Waals surface area contributed by atoms with Crippen LogP contribution in [-0.4, -0.2) is 23.2 Å². The van der Waals surface area contributed by atoms with Gasteiger partial charge in [0.25, 0.3) is 0 Å². The van der Waals surface area contributed by atoms with E-state index in [2.05, 4.69) is 5.10 Å². The van der Waals surface area contributed by atoms with Gasteiger partial charge in [-0.15, -0.1) is 0 Å². The molecular weight excluding hydrogens is 312 g/mol. The van der Waals surface area contributed by atoms with Crippen LogP contribution in [0.25, 0.3) is 5.69 Å². The standard InChI is InChI=1S/C18H15ClN2O2/c1-23-16-8-6-13(7-9-16)10-15-11-14(12-22)20-21(15)18-5-3-2-4-17(18)19/h2-9,11-12H,10H2,1H3. The molecule has 0 atom stereocenters. The minimum Gasteiger partial charge on any atom is -0.497 e. The zero-order valence-electron chi connectivity index (χ0n) is 12.6. The van der Waals surface area contributed by atoms with E-state index in [9.17, 15) is 4.79 Å². The summed E-state index contributed by atoms with van der Waals surface area (Å²) in [4.78, 5) is 11.1. The van der Waals surface area contributed by atoms with E-state index in [1.807, 2.05) is 42.5 Å². The Balaban J connectivity index is 1.99. The fourth-order valence-corrected chi connectivity index (χ4v) is 2.62. The number of hydrogen-bond acceptors (Lipinski definition) is 3. The minimum atomic E-state index is 0.383. The van der Waals surface area contributed by atoms with Crippen molar-refractivity contribution in [1.82, 2.24) is 9.78 Å². The summed E-state index contributed by atoms with van der Waals surface area (Å²) in [6.07, 6.45) is 1.38. The van der Waals surface area contributed by atoms with Gasteiger partial charge in [0.2, 0.25) is 0 Å². The molecule has 0 aliphatic heterocycles. The lowest BCUT2D eigenvalue weighted by Gasteiger charge is -2.09. The fourth-order valence-electron chi connectivity index (χ4n) is 2.41. The van der Waals surface area contributed by atoms with E-state index in [0.29, 0.717) is 17.1 Å². The Morgan fingerprint density at radius 2 is 1.91 bits per heavy atom. The maximum absolute atomic E-state index is 11.1. The first-order valence-electron chi connectivity index (χ1n) is 7.13. The van der Waals surface area contributed by atoms with Crippen LogP contribution in [0.1, 0.15) is 21.7 Å². The molecule has 0 aliphatic carbocycles. The molecule has 0 N–H and O–H groups in total. The van der Waals surface area contributed by atoms with Crippen molar-refractivity contribution in [3.8, 4) is 11.4 Å². The summed E-state index contributed by atoms with van der Waals surface area (Å²) in [6.45, 7) is 0. The Hall–Kier alpha value is -2.59. The van der Waals surface area contributed by atoms with Crippen LogP contribution in [0.3, 0.4) is 0 Å². The minimum absolute atomic E-state index is 0.383. The number of ether oxygens (including phenoxy) is 1. The lowest BCUT2D eigenvalue weighted by molar-refractivity contribution is 0.111. The quantitative estimate of drug-likeness (QED) is 0.667. The Morgan fingerprint density at radius 1 is 1.17 bits per heavy atom. The molecule has 3 aromatic rings. The molecule has 1 aromatic heterocycles. The summed E-state index contributed by atoms with van der Waals surface area (Å²) in [7, 11) is 1.64. The van der Waals surface area contributed by atoms with Crippen molar-refractivity contribution >= 4 is 17.9 Å². The molecule has 3 rings (SSSR count). The van der Waals surface area contributed by atoms with Crippen molar-refractivity contribution in [2.24, 2.45) is 0 Å². The first kappa shape index (κ1) is 15.3. The highest BCUT2D eigenvalue weighted by Crippen LogP contribution is 2.23. The second kappa shape index (κ2) is 6.67. The molecule has 0 bridgehead atoms. The molecule has 0 saturated heterocycles. The molecule has 0 unspecified atom stereocenters. The van der Waals surface area contributed by atoms with Crippen LogP contribution in [0.4, 0.5) is 0 Å². The number of carbonyl (C=O) groups is 1. The normalized spacial score (nSPS) is 10.5. The largest absolute Gasteiger partial charge is 0.497 e. The number of aromatic nitrogens is 2. The van der Waals surface area contributed by atoms with Gasteiger partial charge in [-0.1, -0.05) is 35.9 Å². The first-order valence-corrected chi connectivity index (χ1v) is 7.51. The topological polar surface area (TPSA) is 44.1 Å². The van der Waals surface area contributed by atoms with Crippen LogP contribution >= 0.6 is 11.6 Å². The summed E-state index contributed by atoms with van der Waals surface area (Å²) < 4.78 is 6.89. The molecule has 2 aromatic carbocycles. The molecule has 4 nitrogen and oxygen atoms in total. The summed E-state index contributed by atoms with van der Waals surface area (Å²) in [5.41, 5.74) is 3.13. The number of carbonyl (C=O) groups excluding carboxylic acids is 1. The van der Waals surface area contributed by atoms with Gasteiger partial charge in [-0.2, -0.15) is 5.10 Å². The molecule has 0 aliphatic rings. The highest BCUT2D eigenvalue weighted by molar-refractivity contribution is 6.32. The molecule has 0 amide bonds. The monoisotopic (exact) mass is 326 g/mol. The SMILES string of the molecule is COc1ccc(Cc2cc(C=O)nn2-c2ccccc2Cl)cc1. The molecule has 0 saturated carbocycles. The molecule has 0 radical (unpaired) electrons. The van der Waals surface area contributed by atoms with E-state index in [-0.39, 0.29) is 0 Å². The highest BCUT2D eigenvalue weighted by atomic mass is 35.5. The van der Waals surface area contributed by atoms with Crippen molar-refractivity contribution in [2.75, 3.05) is 7.11 Å². The van der Waals surface area contributed by atoms with E-state index in [1.165, 1.54) is 0 Å². The van der Waals surface area contributed by atoms with Crippen molar-refractivity contribution in [2.45, 2.75) is 6.42 Å². The average Bonchev–Trinajstić information content (AvgIpc) is 2.99. The number of hydrogen-bond donors (Lipinski definition) is 0. The number of nitrogens with zero attached hydrogens (tertiary/aromatic N) is 2. The zero-order chi connectivity index (χ0) is 16.2. The van der Waals surface area contributed by atoms with Crippen molar-refractivity contribution in [3.05, 3.63) is 76.6 Å². The van der Waals surface area contributed by atoms with Gasteiger partial charge in [-0.3, -0.25) is 4.79 Å². The number of aldehydes is 1. The molecule has 0 spiro atoms. The van der Waals surface area contributed by atoms with Crippen LogP contribution in [0, 0.1) is 0 Å². The van der Waals surface area contributed by atoms with E-state index in [1.54, 1.807) is 23.9 Å². The van der Waals surface area contributed by atoms with Gasteiger partial charge in [0.05, 0.1) is 17.8 Å². The van der Waals surface area contributed by atoms with Gasteiger partial charge in [0.1, 0.15) is 11.4 Å². The molecule has 5 heteroatoms. The van der Waals surface area contributed by atoms with Crippen molar-refractivity contribution in [3.63, 3.8) is 0 Å². The Kier molecular flexibility index (Phi) is 4.44.